The number of para-hydroxylation sites is 9. The van der Waals surface area contributed by atoms with Gasteiger partial charge in [-0.05, 0) is 133 Å². The van der Waals surface area contributed by atoms with Gasteiger partial charge in [0.15, 0.2) is 23.3 Å². The maximum atomic E-state index is 12.6. The van der Waals surface area contributed by atoms with Gasteiger partial charge in [0, 0.05) is 73.7 Å². The lowest BCUT2D eigenvalue weighted by Gasteiger charge is -2.27. The molecule has 0 bridgehead atoms. The molecule has 0 aliphatic carbocycles. The zero-order valence-electron chi connectivity index (χ0n) is 54.5. The number of nitrogens with zero attached hydrogens (tertiary/aromatic N) is 13. The van der Waals surface area contributed by atoms with E-state index in [9.17, 15) is 27.6 Å². The summed E-state index contributed by atoms with van der Waals surface area (Å²) in [6, 6.07) is 50.6. The van der Waals surface area contributed by atoms with E-state index in [1.807, 2.05) is 171 Å². The lowest BCUT2D eigenvalue weighted by Crippen LogP contribution is -2.42. The Balaban J connectivity index is 0.000000122. The van der Waals surface area contributed by atoms with Gasteiger partial charge in [-0.25, -0.2) is 33.1 Å². The highest BCUT2D eigenvalue weighted by molar-refractivity contribution is 7.90. The minimum Gasteiger partial charge on any atom is -0.378 e. The molecule has 4 aromatic heterocycles. The van der Waals surface area contributed by atoms with Crippen LogP contribution < -0.4 is 20.9 Å². The summed E-state index contributed by atoms with van der Waals surface area (Å²) in [4.78, 5) is 88.0. The largest absolute Gasteiger partial charge is 0.378 e. The lowest BCUT2D eigenvalue weighted by atomic mass is 10.3. The van der Waals surface area contributed by atoms with Crippen LogP contribution in [0.15, 0.2) is 219 Å². The number of anilines is 2. The Bertz CT molecular complexity index is 5390. The summed E-state index contributed by atoms with van der Waals surface area (Å²) < 4.78 is 39.7. The third-order valence-electron chi connectivity index (χ3n) is 16.4. The van der Waals surface area contributed by atoms with Crippen LogP contribution in [0, 0.1) is 0 Å². The van der Waals surface area contributed by atoms with Crippen molar-refractivity contribution in [3.8, 4) is 0 Å². The minimum absolute atomic E-state index is 0.0379. The van der Waals surface area contributed by atoms with E-state index in [0.717, 1.165) is 86.5 Å². The number of ether oxygens (including phenoxy) is 1. The Labute approximate surface area is 599 Å². The van der Waals surface area contributed by atoms with Crippen molar-refractivity contribution in [1.82, 2.24) is 53.3 Å². The van der Waals surface area contributed by atoms with Gasteiger partial charge in [-0.2, -0.15) is 0 Å². The van der Waals surface area contributed by atoms with E-state index < -0.39 is 15.9 Å². The number of amides is 4. The van der Waals surface area contributed by atoms with Crippen LogP contribution in [0.2, 0.25) is 15.1 Å². The fourth-order valence-electron chi connectivity index (χ4n) is 11.6. The van der Waals surface area contributed by atoms with Gasteiger partial charge in [-0.3, -0.25) is 50.0 Å². The Hall–Kier alpha value is -11.5. The molecular formula is C74H64Cl3N17O7S. The molecule has 5 aliphatic rings. The molecule has 11 aromatic rings. The molecule has 1 fully saturated rings. The maximum Gasteiger partial charge on any atom is 0.264 e. The minimum atomic E-state index is -4.00. The van der Waals surface area contributed by atoms with Crippen molar-refractivity contribution < 1.29 is 32.3 Å². The van der Waals surface area contributed by atoms with Crippen LogP contribution in [0.5, 0.6) is 0 Å². The summed E-state index contributed by atoms with van der Waals surface area (Å²) in [5, 5.41) is 4.41. The number of fused-ring (bicyclic) bond motifs is 4. The van der Waals surface area contributed by atoms with Crippen molar-refractivity contribution in [1.29, 1.82) is 0 Å². The molecule has 9 heterocycles. The van der Waals surface area contributed by atoms with Crippen LogP contribution in [-0.2, 0) is 60.1 Å². The van der Waals surface area contributed by atoms with Crippen molar-refractivity contribution in [3.05, 3.63) is 233 Å². The Morgan fingerprint density at radius 3 is 1.22 bits per heavy atom. The second-order valence-electron chi connectivity index (χ2n) is 23.3. The first kappa shape index (κ1) is 69.0. The molecule has 5 aliphatic heterocycles. The third-order valence-corrected chi connectivity index (χ3v) is 18.6. The number of imidazole rings is 4. The summed E-state index contributed by atoms with van der Waals surface area (Å²) in [6.45, 7) is 2.86. The van der Waals surface area contributed by atoms with Gasteiger partial charge in [0.05, 0.1) is 78.6 Å². The number of hydrazine groups is 1. The number of hydrogen-bond donors (Lipinski definition) is 4. The van der Waals surface area contributed by atoms with Gasteiger partial charge in [0.1, 0.15) is 49.0 Å². The van der Waals surface area contributed by atoms with Gasteiger partial charge < -0.3 is 33.2 Å². The first-order valence-electron chi connectivity index (χ1n) is 32.4. The fraction of sp³-hybridized carbons (Fsp3) is 0.162. The molecule has 0 atom stereocenters. The molecule has 4 amide bonds. The molecule has 7 aromatic carbocycles. The van der Waals surface area contributed by atoms with E-state index in [2.05, 4.69) is 60.8 Å². The predicted octanol–water partition coefficient (Wildman–Crippen LogP) is 12.5. The number of carbonyl (C=O) groups is 4. The van der Waals surface area contributed by atoms with Gasteiger partial charge in [-0.15, -0.1) is 0 Å². The number of morpholine rings is 1. The molecule has 0 spiro atoms. The van der Waals surface area contributed by atoms with Crippen LogP contribution in [0.4, 0.5) is 11.4 Å². The van der Waals surface area contributed by atoms with E-state index >= 15 is 0 Å². The van der Waals surface area contributed by atoms with Crippen LogP contribution in [0.25, 0.3) is 66.9 Å². The number of nitrogens with one attached hydrogen (secondary N) is 4. The summed E-state index contributed by atoms with van der Waals surface area (Å²) in [7, 11) is -4.00. The zero-order valence-corrected chi connectivity index (χ0v) is 57.6. The molecule has 28 heteroatoms. The number of rotatable bonds is 17. The highest BCUT2D eigenvalue weighted by atomic mass is 35.5. The monoisotopic (exact) mass is 1440 g/mol. The number of benzene rings is 7. The average Bonchev–Trinajstić information content (AvgIpc) is 1.65. The first-order valence-corrected chi connectivity index (χ1v) is 35.1. The Morgan fingerprint density at radius 2 is 0.804 bits per heavy atom. The first-order chi connectivity index (χ1) is 49.7. The number of halogens is 3. The van der Waals surface area contributed by atoms with Gasteiger partial charge in [0.25, 0.3) is 21.8 Å². The van der Waals surface area contributed by atoms with E-state index in [1.54, 1.807) is 47.2 Å². The van der Waals surface area contributed by atoms with Crippen LogP contribution >= 0.6 is 34.8 Å². The molecule has 16 rings (SSSR count). The molecule has 24 nitrogen and oxygen atoms in total. The van der Waals surface area contributed by atoms with E-state index in [1.165, 1.54) is 24.3 Å². The van der Waals surface area contributed by atoms with Crippen LogP contribution in [0.1, 0.15) is 49.0 Å². The number of hydrogen-bond acceptors (Lipinski definition) is 16. The lowest BCUT2D eigenvalue weighted by molar-refractivity contribution is -0.135. The van der Waals surface area contributed by atoms with Crippen molar-refractivity contribution >= 4 is 172 Å². The summed E-state index contributed by atoms with van der Waals surface area (Å²) in [5.41, 5.74) is 16.8. The predicted molar refractivity (Wildman–Crippen MR) is 401 cm³/mol. The molecule has 514 valence electrons. The molecule has 1 saturated heterocycles. The van der Waals surface area contributed by atoms with Gasteiger partial charge >= 0.3 is 0 Å². The molecule has 0 unspecified atom stereocenters. The molecule has 0 saturated carbocycles. The van der Waals surface area contributed by atoms with Crippen molar-refractivity contribution in [2.24, 2.45) is 20.0 Å². The Morgan fingerprint density at radius 1 is 0.431 bits per heavy atom. The molecular weight excluding hydrogens is 1380 g/mol. The summed E-state index contributed by atoms with van der Waals surface area (Å²) in [5.74, 6) is 1.75. The smallest absolute Gasteiger partial charge is 0.264 e. The normalized spacial score (nSPS) is 14.3. The van der Waals surface area contributed by atoms with Crippen molar-refractivity contribution in [2.45, 2.75) is 56.8 Å². The fourth-order valence-corrected chi connectivity index (χ4v) is 13.0. The standard InChI is InChI=1S/C19H16ClN5O.C19H15ClN4O3S.C19H15ClN4O.C17H18N4O2/c20-13-7-9-14(10-8-13)23-24-18(26)12-25-17-6-2-1-4-15(17)22-19(25)16-5-3-11-21-16;20-13-7-9-14(10-8-13)28(26,27)23-18(25)12-24-17-6-2-1-4-15(17)22-19(24)16-5-3-11-21-16;20-13-6-1-2-7-14(13)22-18(25)12-24-17-10-4-3-8-15(17)23-19(24)16-9-5-11-21-16;22-16(20-8-10-23-11-9-20)12-21-15-6-2-1-4-13(15)19-17(21)14-5-3-7-18-14/h1-2,4-11,23H,3,12H2,(H,24,26);1-2,4-11H,3,12H2,(H,23,25);1-4,6-11H,5,12H2,(H,22,25);1-2,4-7H,3,8-12H2. The number of allylic oxidation sites excluding steroid dienone is 4. The summed E-state index contributed by atoms with van der Waals surface area (Å²) >= 11 is 17.8. The van der Waals surface area contributed by atoms with Crippen molar-refractivity contribution in [3.63, 3.8) is 0 Å². The SMILES string of the molecule is O=C(Cn1c(C2=CCC=N2)nc2ccccc21)N1CCOCC1.O=C(Cn1c(C2=CCC=N2)nc2ccccc21)NNc1ccc(Cl)cc1.O=C(Cn1c(C2=CCC=N2)nc2ccccc21)NS(=O)(=O)c1ccc(Cl)cc1.O=C(Cn1c(C2=CCC=N2)nc2ccccc21)Nc1ccccc1Cl. The zero-order chi connectivity index (χ0) is 70.5. The molecule has 4 N–H and O–H groups in total. The molecule has 102 heavy (non-hydrogen) atoms. The highest BCUT2D eigenvalue weighted by Crippen LogP contribution is 2.30. The van der Waals surface area contributed by atoms with E-state index in [-0.39, 0.29) is 48.8 Å². The van der Waals surface area contributed by atoms with Crippen molar-refractivity contribution in [2.75, 3.05) is 37.0 Å². The number of carbonyl (C=O) groups excluding carboxylic acids is 4. The third kappa shape index (κ3) is 16.4. The van der Waals surface area contributed by atoms with E-state index in [0.29, 0.717) is 82.2 Å². The van der Waals surface area contributed by atoms with E-state index in [4.69, 9.17) is 39.5 Å². The van der Waals surface area contributed by atoms with Gasteiger partial charge in [-0.1, -0.05) is 95.5 Å². The maximum absolute atomic E-state index is 12.6. The quantitative estimate of drug-likeness (QED) is 0.0619. The average molecular weight is 1440 g/mol. The van der Waals surface area contributed by atoms with Crippen LogP contribution in [0.3, 0.4) is 0 Å². The molecule has 0 radical (unpaired) electrons. The van der Waals surface area contributed by atoms with Crippen LogP contribution in [-0.4, -0.2) is 126 Å². The Kier molecular flexibility index (Phi) is 21.5. The second-order valence-corrected chi connectivity index (χ2v) is 26.2. The topological polar surface area (TPSA) is 284 Å². The summed E-state index contributed by atoms with van der Waals surface area (Å²) in [6.07, 6.45) is 18.3. The second kappa shape index (κ2) is 31.8. The number of aromatic nitrogens is 8. The highest BCUT2D eigenvalue weighted by Gasteiger charge is 2.26. The number of aliphatic imine (C=N–C) groups is 4. The number of sulfonamides is 1. The van der Waals surface area contributed by atoms with Gasteiger partial charge in [0.2, 0.25) is 11.8 Å².